The fraction of sp³-hybridized carbons (Fsp3) is 0.250. The highest BCUT2D eigenvalue weighted by Gasteiger charge is 2.44. The van der Waals surface area contributed by atoms with Crippen LogP contribution in [0.1, 0.15) is 0 Å². The van der Waals surface area contributed by atoms with Gasteiger partial charge in [-0.3, -0.25) is 9.69 Å². The van der Waals surface area contributed by atoms with Gasteiger partial charge in [0.15, 0.2) is 6.23 Å². The van der Waals surface area contributed by atoms with E-state index in [1.807, 2.05) is 0 Å². The van der Waals surface area contributed by atoms with Gasteiger partial charge in [-0.15, -0.1) is 0 Å². The Morgan fingerprint density at radius 1 is 1.23 bits per heavy atom. The number of imide groups is 1. The van der Waals surface area contributed by atoms with Crippen LogP contribution in [0.3, 0.4) is 0 Å². The van der Waals surface area contributed by atoms with Crippen molar-refractivity contribution in [3.8, 4) is 0 Å². The summed E-state index contributed by atoms with van der Waals surface area (Å²) in [7, 11) is 1.31. The second-order valence-electron chi connectivity index (χ2n) is 4.30. The highest BCUT2D eigenvalue weighted by atomic mass is 35.6. The maximum absolute atomic E-state index is 12.4. The molecular formula is C12H9Cl4N3O3. The van der Waals surface area contributed by atoms with Crippen LogP contribution >= 0.6 is 46.4 Å². The molecule has 1 aromatic rings. The molecule has 2 rings (SSSR count). The van der Waals surface area contributed by atoms with E-state index in [0.717, 1.165) is 9.80 Å². The van der Waals surface area contributed by atoms with Crippen molar-refractivity contribution in [2.24, 2.45) is 4.99 Å². The molecule has 0 radical (unpaired) electrons. The average molecular weight is 385 g/mol. The molecule has 1 aliphatic heterocycles. The van der Waals surface area contributed by atoms with E-state index in [9.17, 15) is 14.7 Å². The normalized spacial score (nSPS) is 19.3. The Morgan fingerprint density at radius 3 is 2.36 bits per heavy atom. The minimum absolute atomic E-state index is 0.194. The Bertz CT molecular complexity index is 659. The first-order valence-corrected chi connectivity index (χ1v) is 7.35. The first kappa shape index (κ1) is 17.3. The standard InChI is InChI=1S/C12H9Cl4N3O3/c1-18-8(17-10(21)12(14,15)16)9(20)19(11(18)22)7-5-3-2-4-6(7)13/h2-5,10,21H,1H3/b17-8-. The maximum Gasteiger partial charge on any atom is 0.337 e. The molecule has 118 valence electrons. The number of benzene rings is 1. The Kier molecular flexibility index (Phi) is 4.89. The number of carbonyl (C=O) groups is 2. The van der Waals surface area contributed by atoms with E-state index in [4.69, 9.17) is 46.4 Å². The summed E-state index contributed by atoms with van der Waals surface area (Å²) in [4.78, 5) is 30.0. The zero-order valence-corrected chi connectivity index (χ0v) is 14.0. The van der Waals surface area contributed by atoms with Crippen molar-refractivity contribution in [2.75, 3.05) is 11.9 Å². The number of aliphatic hydroxyl groups excluding tert-OH is 1. The Labute approximate surface area is 145 Å². The number of aliphatic imine (C=N–C) groups is 1. The molecule has 0 saturated carbocycles. The van der Waals surface area contributed by atoms with E-state index in [0.29, 0.717) is 0 Å². The third-order valence-corrected chi connectivity index (χ3v) is 3.73. The maximum atomic E-state index is 12.4. The van der Waals surface area contributed by atoms with Gasteiger partial charge in [-0.05, 0) is 12.1 Å². The number of alkyl halides is 3. The number of carbonyl (C=O) groups excluding carboxylic acids is 2. The summed E-state index contributed by atoms with van der Waals surface area (Å²) in [5.41, 5.74) is 0.194. The second kappa shape index (κ2) is 6.22. The van der Waals surface area contributed by atoms with Crippen molar-refractivity contribution in [2.45, 2.75) is 10.0 Å². The molecule has 22 heavy (non-hydrogen) atoms. The van der Waals surface area contributed by atoms with Gasteiger partial charge in [0.25, 0.3) is 0 Å². The molecule has 1 unspecified atom stereocenters. The minimum atomic E-state index is -2.13. The lowest BCUT2D eigenvalue weighted by atomic mass is 10.3. The van der Waals surface area contributed by atoms with Crippen molar-refractivity contribution in [3.05, 3.63) is 29.3 Å². The molecular weight excluding hydrogens is 376 g/mol. The second-order valence-corrected chi connectivity index (χ2v) is 7.08. The van der Waals surface area contributed by atoms with Gasteiger partial charge in [0.2, 0.25) is 9.63 Å². The average Bonchev–Trinajstić information content (AvgIpc) is 2.63. The summed E-state index contributed by atoms with van der Waals surface area (Å²) in [6.45, 7) is 0. The molecule has 0 aliphatic carbocycles. The van der Waals surface area contributed by atoms with E-state index in [1.165, 1.54) is 19.2 Å². The summed E-state index contributed by atoms with van der Waals surface area (Å²) < 4.78 is -2.13. The third-order valence-electron chi connectivity index (χ3n) is 2.82. The predicted octanol–water partition coefficient (Wildman–Crippen LogP) is 2.83. The smallest absolute Gasteiger partial charge is 0.337 e. The number of hydrogen-bond acceptors (Lipinski definition) is 4. The number of nitrogens with zero attached hydrogens (tertiary/aromatic N) is 3. The molecule has 1 saturated heterocycles. The summed E-state index contributed by atoms with van der Waals surface area (Å²) >= 11 is 22.5. The van der Waals surface area contributed by atoms with Crippen LogP contribution in [-0.2, 0) is 4.79 Å². The molecule has 1 fully saturated rings. The number of rotatable bonds is 2. The van der Waals surface area contributed by atoms with E-state index in [1.54, 1.807) is 12.1 Å². The fourth-order valence-corrected chi connectivity index (χ4v) is 2.11. The number of amidine groups is 1. The number of amides is 3. The monoisotopic (exact) mass is 383 g/mol. The molecule has 6 nitrogen and oxygen atoms in total. The van der Waals surface area contributed by atoms with Gasteiger partial charge in [0.05, 0.1) is 10.7 Å². The number of aliphatic hydroxyl groups is 1. The molecule has 1 N–H and O–H groups in total. The third kappa shape index (κ3) is 3.16. The number of anilines is 1. The molecule has 3 amide bonds. The Hall–Kier alpha value is -1.05. The van der Waals surface area contributed by atoms with Crippen LogP contribution in [0.15, 0.2) is 29.3 Å². The zero-order chi connectivity index (χ0) is 16.7. The van der Waals surface area contributed by atoms with Crippen molar-refractivity contribution < 1.29 is 14.7 Å². The number of likely N-dealkylation sites (N-methyl/N-ethyl adjacent to an activating group) is 1. The van der Waals surface area contributed by atoms with Gasteiger partial charge in [-0.25, -0.2) is 14.7 Å². The summed E-state index contributed by atoms with van der Waals surface area (Å²) in [5.74, 6) is -1.14. The predicted molar refractivity (Wildman–Crippen MR) is 85.8 cm³/mol. The Morgan fingerprint density at radius 2 is 1.82 bits per heavy atom. The lowest BCUT2D eigenvalue weighted by Crippen LogP contribution is -2.31. The van der Waals surface area contributed by atoms with E-state index < -0.39 is 22.0 Å². The van der Waals surface area contributed by atoms with Crippen LogP contribution in [0.2, 0.25) is 5.02 Å². The number of halogens is 4. The fourth-order valence-electron chi connectivity index (χ4n) is 1.75. The van der Waals surface area contributed by atoms with Gasteiger partial charge in [-0.2, -0.15) is 0 Å². The van der Waals surface area contributed by atoms with E-state index >= 15 is 0 Å². The summed E-state index contributed by atoms with van der Waals surface area (Å²) in [5, 5.41) is 9.87. The molecule has 0 bridgehead atoms. The topological polar surface area (TPSA) is 73.2 Å². The minimum Gasteiger partial charge on any atom is -0.368 e. The van der Waals surface area contributed by atoms with E-state index in [-0.39, 0.29) is 16.5 Å². The Balaban J connectivity index is 2.43. The first-order chi connectivity index (χ1) is 10.1. The van der Waals surface area contributed by atoms with Crippen molar-refractivity contribution in [1.82, 2.24) is 4.90 Å². The largest absolute Gasteiger partial charge is 0.368 e. The SMILES string of the molecule is CN1C(=O)N(c2ccccc2Cl)C(=O)/C1=N/C(O)C(Cl)(Cl)Cl. The number of para-hydroxylation sites is 1. The van der Waals surface area contributed by atoms with Gasteiger partial charge in [0.1, 0.15) is 0 Å². The summed E-state index contributed by atoms with van der Waals surface area (Å²) in [6.07, 6.45) is -1.81. The number of hydrogen-bond donors (Lipinski definition) is 1. The van der Waals surface area contributed by atoms with Gasteiger partial charge in [0, 0.05) is 7.05 Å². The zero-order valence-electron chi connectivity index (χ0n) is 11.0. The summed E-state index contributed by atoms with van der Waals surface area (Å²) in [6, 6.07) is 5.62. The van der Waals surface area contributed by atoms with Gasteiger partial charge in [-0.1, -0.05) is 58.5 Å². The first-order valence-electron chi connectivity index (χ1n) is 5.84. The van der Waals surface area contributed by atoms with Crippen LogP contribution in [0.4, 0.5) is 10.5 Å². The highest BCUT2D eigenvalue weighted by molar-refractivity contribution is 6.68. The van der Waals surface area contributed by atoms with Crippen LogP contribution in [-0.4, -0.2) is 44.8 Å². The molecule has 1 atom stereocenters. The molecule has 1 heterocycles. The lowest BCUT2D eigenvalue weighted by molar-refractivity contribution is -0.111. The number of urea groups is 1. The lowest BCUT2D eigenvalue weighted by Gasteiger charge is -2.16. The quantitative estimate of drug-likeness (QED) is 0.629. The van der Waals surface area contributed by atoms with Crippen LogP contribution in [0, 0.1) is 0 Å². The molecule has 0 spiro atoms. The van der Waals surface area contributed by atoms with Crippen LogP contribution in [0.25, 0.3) is 0 Å². The van der Waals surface area contributed by atoms with Crippen molar-refractivity contribution in [3.63, 3.8) is 0 Å². The van der Waals surface area contributed by atoms with Gasteiger partial charge >= 0.3 is 11.9 Å². The molecule has 10 heteroatoms. The van der Waals surface area contributed by atoms with Gasteiger partial charge < -0.3 is 5.11 Å². The van der Waals surface area contributed by atoms with Crippen molar-refractivity contribution in [1.29, 1.82) is 0 Å². The molecule has 1 aromatic carbocycles. The molecule has 1 aliphatic rings. The van der Waals surface area contributed by atoms with Crippen LogP contribution < -0.4 is 4.90 Å². The molecule has 0 aromatic heterocycles. The van der Waals surface area contributed by atoms with E-state index in [2.05, 4.69) is 4.99 Å². The van der Waals surface area contributed by atoms with Crippen molar-refractivity contribution >= 4 is 69.9 Å². The van der Waals surface area contributed by atoms with Crippen LogP contribution in [0.5, 0.6) is 0 Å². The highest BCUT2D eigenvalue weighted by Crippen LogP contribution is 2.33.